The number of pyridine rings is 1. The van der Waals surface area contributed by atoms with Gasteiger partial charge >= 0.3 is 0 Å². The summed E-state index contributed by atoms with van der Waals surface area (Å²) in [5.41, 5.74) is 8.79. The van der Waals surface area contributed by atoms with Crippen LogP contribution in [0, 0.1) is 20.8 Å². The largest absolute Gasteiger partial charge is 0.343 e. The van der Waals surface area contributed by atoms with Crippen LogP contribution in [0.4, 0.5) is 5.69 Å². The SMILES string of the molecule is Cc1ccc(-c2cc(-c3ccc(C)cc3)c3c(=O)n4c(nc3n2)SCN(c2ccc(C)cc2)C4)cc1. The van der Waals surface area contributed by atoms with Gasteiger partial charge in [-0.15, -0.1) is 0 Å². The zero-order chi connectivity index (χ0) is 24.8. The van der Waals surface area contributed by atoms with E-state index in [1.165, 1.54) is 16.7 Å². The van der Waals surface area contributed by atoms with Crippen LogP contribution in [0.5, 0.6) is 0 Å². The molecule has 0 aliphatic carbocycles. The predicted molar refractivity (Wildman–Crippen MR) is 149 cm³/mol. The average molecular weight is 491 g/mol. The molecule has 178 valence electrons. The number of rotatable bonds is 3. The molecule has 0 saturated carbocycles. The summed E-state index contributed by atoms with van der Waals surface area (Å²) < 4.78 is 1.78. The predicted octanol–water partition coefficient (Wildman–Crippen LogP) is 6.58. The minimum atomic E-state index is -0.0576. The van der Waals surface area contributed by atoms with Crippen LogP contribution < -0.4 is 10.5 Å². The highest BCUT2D eigenvalue weighted by molar-refractivity contribution is 7.99. The minimum Gasteiger partial charge on any atom is -0.343 e. The van der Waals surface area contributed by atoms with Gasteiger partial charge in [-0.3, -0.25) is 9.36 Å². The third-order valence-electron chi connectivity index (χ3n) is 6.66. The van der Waals surface area contributed by atoms with E-state index >= 15 is 0 Å². The molecule has 1 aliphatic heterocycles. The van der Waals surface area contributed by atoms with Gasteiger partial charge in [0.25, 0.3) is 5.56 Å². The molecule has 3 aromatic carbocycles. The summed E-state index contributed by atoms with van der Waals surface area (Å²) in [4.78, 5) is 26.0. The van der Waals surface area contributed by atoms with E-state index in [9.17, 15) is 4.79 Å². The van der Waals surface area contributed by atoms with Gasteiger partial charge in [-0.25, -0.2) is 9.97 Å². The third-order valence-corrected chi connectivity index (χ3v) is 7.67. The number of aryl methyl sites for hydroxylation is 3. The van der Waals surface area contributed by atoms with Crippen LogP contribution in [0.3, 0.4) is 0 Å². The molecule has 0 radical (unpaired) electrons. The number of hydrogen-bond acceptors (Lipinski definition) is 5. The van der Waals surface area contributed by atoms with Gasteiger partial charge in [0, 0.05) is 16.8 Å². The molecule has 3 heterocycles. The molecule has 0 atom stereocenters. The van der Waals surface area contributed by atoms with Crippen molar-refractivity contribution < 1.29 is 0 Å². The molecule has 0 amide bonds. The lowest BCUT2D eigenvalue weighted by Crippen LogP contribution is -2.37. The molecule has 0 fully saturated rings. The molecule has 0 bridgehead atoms. The fraction of sp³-hybridized carbons (Fsp3) is 0.167. The number of nitrogens with zero attached hydrogens (tertiary/aromatic N) is 4. The first kappa shape index (κ1) is 22.6. The van der Waals surface area contributed by atoms with Crippen LogP contribution in [0.1, 0.15) is 16.7 Å². The van der Waals surface area contributed by atoms with Crippen LogP contribution in [-0.2, 0) is 6.67 Å². The Morgan fingerprint density at radius 1 is 0.750 bits per heavy atom. The standard InChI is InChI=1S/C30H26N4OS/c1-19-4-10-22(11-5-19)25-16-26(23-12-6-20(2)7-13-23)31-28-27(25)29(35)34-17-33(18-36-30(34)32-28)24-14-8-21(3)9-15-24/h4-16H,17-18H2,1-3H3. The van der Waals surface area contributed by atoms with Gasteiger partial charge in [0.2, 0.25) is 0 Å². The van der Waals surface area contributed by atoms with E-state index in [-0.39, 0.29) is 5.56 Å². The first-order chi connectivity index (χ1) is 17.5. The highest BCUT2D eigenvalue weighted by Crippen LogP contribution is 2.33. The maximum Gasteiger partial charge on any atom is 0.265 e. The van der Waals surface area contributed by atoms with Crippen molar-refractivity contribution in [1.29, 1.82) is 0 Å². The molecule has 6 rings (SSSR count). The van der Waals surface area contributed by atoms with Gasteiger partial charge in [-0.05, 0) is 44.5 Å². The van der Waals surface area contributed by atoms with Crippen molar-refractivity contribution in [1.82, 2.24) is 14.5 Å². The monoisotopic (exact) mass is 490 g/mol. The molecule has 0 saturated heterocycles. The molecule has 0 unspecified atom stereocenters. The summed E-state index contributed by atoms with van der Waals surface area (Å²) in [6.07, 6.45) is 0. The molecule has 2 aromatic heterocycles. The molecule has 0 spiro atoms. The molecule has 1 aliphatic rings. The molecule has 0 N–H and O–H groups in total. The number of thioether (sulfide) groups is 1. The number of anilines is 1. The van der Waals surface area contributed by atoms with Crippen molar-refractivity contribution in [3.05, 3.63) is 106 Å². The summed E-state index contributed by atoms with van der Waals surface area (Å²) in [5.74, 6) is 0.726. The summed E-state index contributed by atoms with van der Waals surface area (Å²) in [6.45, 7) is 6.67. The zero-order valence-electron chi connectivity index (χ0n) is 20.5. The van der Waals surface area contributed by atoms with Crippen LogP contribution in [-0.4, -0.2) is 20.4 Å². The Labute approximate surface area is 214 Å². The lowest BCUT2D eigenvalue weighted by Gasteiger charge is -2.30. The summed E-state index contributed by atoms with van der Waals surface area (Å²) in [7, 11) is 0. The van der Waals surface area contributed by atoms with Crippen LogP contribution >= 0.6 is 11.8 Å². The van der Waals surface area contributed by atoms with Gasteiger partial charge in [0.15, 0.2) is 10.8 Å². The van der Waals surface area contributed by atoms with E-state index in [1.807, 2.05) is 6.07 Å². The minimum absolute atomic E-state index is 0.0576. The maximum absolute atomic E-state index is 14.0. The second-order valence-corrected chi connectivity index (χ2v) is 10.3. The van der Waals surface area contributed by atoms with Crippen molar-refractivity contribution >= 4 is 28.5 Å². The molecular formula is C30H26N4OS. The normalized spacial score (nSPS) is 13.1. The lowest BCUT2D eigenvalue weighted by atomic mass is 9.99. The highest BCUT2D eigenvalue weighted by atomic mass is 32.2. The van der Waals surface area contributed by atoms with Crippen molar-refractivity contribution in [2.75, 3.05) is 10.8 Å². The van der Waals surface area contributed by atoms with Crippen molar-refractivity contribution in [3.8, 4) is 22.4 Å². The maximum atomic E-state index is 14.0. The number of benzene rings is 3. The molecular weight excluding hydrogens is 464 g/mol. The lowest BCUT2D eigenvalue weighted by molar-refractivity contribution is 0.568. The fourth-order valence-electron chi connectivity index (χ4n) is 4.52. The van der Waals surface area contributed by atoms with Gasteiger partial charge in [0.1, 0.15) is 6.67 Å². The van der Waals surface area contributed by atoms with Gasteiger partial charge in [0.05, 0.1) is 17.0 Å². The van der Waals surface area contributed by atoms with Crippen molar-refractivity contribution in [2.24, 2.45) is 0 Å². The number of aromatic nitrogens is 3. The molecule has 36 heavy (non-hydrogen) atoms. The second-order valence-electron chi connectivity index (χ2n) is 9.40. The third kappa shape index (κ3) is 4.07. The first-order valence-electron chi connectivity index (χ1n) is 12.0. The van der Waals surface area contributed by atoms with E-state index in [4.69, 9.17) is 9.97 Å². The first-order valence-corrected chi connectivity index (χ1v) is 13.0. The highest BCUT2D eigenvalue weighted by Gasteiger charge is 2.23. The molecule has 5 nitrogen and oxygen atoms in total. The van der Waals surface area contributed by atoms with E-state index in [0.29, 0.717) is 22.9 Å². The van der Waals surface area contributed by atoms with Crippen molar-refractivity contribution in [3.63, 3.8) is 0 Å². The van der Waals surface area contributed by atoms with E-state index in [2.05, 4.69) is 98.5 Å². The van der Waals surface area contributed by atoms with Crippen LogP contribution in [0.2, 0.25) is 0 Å². The van der Waals surface area contributed by atoms with E-state index < -0.39 is 0 Å². The van der Waals surface area contributed by atoms with E-state index in [1.54, 1.807) is 16.3 Å². The van der Waals surface area contributed by atoms with Gasteiger partial charge < -0.3 is 4.90 Å². The summed E-state index contributed by atoms with van der Waals surface area (Å²) in [5, 5.41) is 1.27. The average Bonchev–Trinajstić information content (AvgIpc) is 2.89. The Bertz CT molecular complexity index is 1640. The number of fused-ring (bicyclic) bond motifs is 2. The smallest absolute Gasteiger partial charge is 0.265 e. The summed E-state index contributed by atoms with van der Waals surface area (Å²) >= 11 is 1.57. The quantitative estimate of drug-likeness (QED) is 0.268. The topological polar surface area (TPSA) is 51.0 Å². The molecule has 6 heteroatoms. The Hall–Kier alpha value is -3.90. The second kappa shape index (κ2) is 8.95. The van der Waals surface area contributed by atoms with Crippen molar-refractivity contribution in [2.45, 2.75) is 32.6 Å². The number of hydrogen-bond donors (Lipinski definition) is 0. The Kier molecular flexibility index (Phi) is 5.61. The Balaban J connectivity index is 1.54. The van der Waals surface area contributed by atoms with Crippen LogP contribution in [0.15, 0.2) is 88.8 Å². The Morgan fingerprint density at radius 3 is 1.97 bits per heavy atom. The Morgan fingerprint density at radius 2 is 1.33 bits per heavy atom. The van der Waals surface area contributed by atoms with Crippen LogP contribution in [0.25, 0.3) is 33.4 Å². The fourth-order valence-corrected chi connectivity index (χ4v) is 5.47. The van der Waals surface area contributed by atoms with Gasteiger partial charge in [-0.2, -0.15) is 0 Å². The zero-order valence-corrected chi connectivity index (χ0v) is 21.3. The molecule has 5 aromatic rings. The summed E-state index contributed by atoms with van der Waals surface area (Å²) in [6, 6.07) is 27.0. The van der Waals surface area contributed by atoms with E-state index in [0.717, 1.165) is 33.9 Å². The van der Waals surface area contributed by atoms with Gasteiger partial charge in [-0.1, -0.05) is 89.1 Å².